The second kappa shape index (κ2) is 6.53. The maximum absolute atomic E-state index is 13.7. The van der Waals surface area contributed by atoms with Crippen LogP contribution in [0.1, 0.15) is 27.9 Å². The zero-order valence-corrected chi connectivity index (χ0v) is 14.1. The Morgan fingerprint density at radius 1 is 1.38 bits per heavy atom. The first kappa shape index (κ1) is 16.9. The maximum atomic E-state index is 13.7. The van der Waals surface area contributed by atoms with Gasteiger partial charge in [-0.15, -0.1) is 12.4 Å². The van der Waals surface area contributed by atoms with Gasteiger partial charge in [0.1, 0.15) is 11.6 Å². The standard InChI is InChI=1S/C17H18FN3O2.ClH/c1-10-5-15(20-23-10)17(22)21-9-12-7-19-8-14(12)16(21)11-3-2-4-13(18)6-11;/h2-6,12,14,16,19H,7-9H2,1H3;1H/t12-,14-,16-;/m0./s1. The summed E-state index contributed by atoms with van der Waals surface area (Å²) < 4.78 is 18.7. The largest absolute Gasteiger partial charge is 0.361 e. The number of amides is 1. The summed E-state index contributed by atoms with van der Waals surface area (Å²) in [6.07, 6.45) is 0. The van der Waals surface area contributed by atoms with Gasteiger partial charge in [-0.2, -0.15) is 0 Å². The Labute approximate surface area is 145 Å². The zero-order valence-electron chi connectivity index (χ0n) is 13.2. The number of hydrogen-bond donors (Lipinski definition) is 1. The summed E-state index contributed by atoms with van der Waals surface area (Å²) in [5, 5.41) is 7.22. The van der Waals surface area contributed by atoms with E-state index in [1.54, 1.807) is 19.1 Å². The lowest BCUT2D eigenvalue weighted by molar-refractivity contribution is 0.0703. The van der Waals surface area contributed by atoms with Gasteiger partial charge in [-0.05, 0) is 30.5 Å². The smallest absolute Gasteiger partial charge is 0.276 e. The molecule has 5 nitrogen and oxygen atoms in total. The predicted molar refractivity (Wildman–Crippen MR) is 88.5 cm³/mol. The van der Waals surface area contributed by atoms with E-state index in [-0.39, 0.29) is 30.2 Å². The molecule has 1 amide bonds. The van der Waals surface area contributed by atoms with Crippen molar-refractivity contribution in [3.8, 4) is 0 Å². The molecule has 0 radical (unpaired) electrons. The molecule has 24 heavy (non-hydrogen) atoms. The first-order chi connectivity index (χ1) is 11.1. The van der Waals surface area contributed by atoms with Crippen LogP contribution in [0.5, 0.6) is 0 Å². The number of likely N-dealkylation sites (tertiary alicyclic amines) is 1. The average Bonchev–Trinajstić information content (AvgIpc) is 3.21. The molecule has 2 fully saturated rings. The molecule has 2 aliphatic rings. The van der Waals surface area contributed by atoms with Gasteiger partial charge in [0.2, 0.25) is 0 Å². The van der Waals surface area contributed by atoms with Crippen molar-refractivity contribution in [1.82, 2.24) is 15.4 Å². The number of rotatable bonds is 2. The first-order valence-corrected chi connectivity index (χ1v) is 7.84. The van der Waals surface area contributed by atoms with Crippen molar-refractivity contribution in [3.63, 3.8) is 0 Å². The fraction of sp³-hybridized carbons (Fsp3) is 0.412. The van der Waals surface area contributed by atoms with Crippen LogP contribution in [0, 0.1) is 24.6 Å². The molecule has 2 aromatic rings. The minimum absolute atomic E-state index is 0. The first-order valence-electron chi connectivity index (χ1n) is 7.84. The fourth-order valence-corrected chi connectivity index (χ4v) is 3.86. The zero-order chi connectivity index (χ0) is 16.0. The number of benzene rings is 1. The third-order valence-corrected chi connectivity index (χ3v) is 4.86. The number of aryl methyl sites for hydroxylation is 1. The van der Waals surface area contributed by atoms with Crippen LogP contribution in [0.25, 0.3) is 0 Å². The van der Waals surface area contributed by atoms with Gasteiger partial charge in [0.25, 0.3) is 5.91 Å². The van der Waals surface area contributed by atoms with Gasteiger partial charge in [-0.25, -0.2) is 4.39 Å². The molecular formula is C17H19ClFN3O2. The molecule has 128 valence electrons. The van der Waals surface area contributed by atoms with E-state index in [1.807, 2.05) is 11.0 Å². The lowest BCUT2D eigenvalue weighted by atomic mass is 9.89. The van der Waals surface area contributed by atoms with E-state index in [0.29, 0.717) is 29.8 Å². The van der Waals surface area contributed by atoms with Gasteiger partial charge in [0.05, 0.1) is 6.04 Å². The van der Waals surface area contributed by atoms with Gasteiger partial charge >= 0.3 is 0 Å². The van der Waals surface area contributed by atoms with Crippen molar-refractivity contribution in [2.24, 2.45) is 11.8 Å². The Kier molecular flexibility index (Phi) is 4.60. The quantitative estimate of drug-likeness (QED) is 0.903. The van der Waals surface area contributed by atoms with E-state index < -0.39 is 0 Å². The molecule has 7 heteroatoms. The fourth-order valence-electron chi connectivity index (χ4n) is 3.86. The Morgan fingerprint density at radius 2 is 2.21 bits per heavy atom. The van der Waals surface area contributed by atoms with Crippen molar-refractivity contribution < 1.29 is 13.7 Å². The second-order valence-electron chi connectivity index (χ2n) is 6.36. The maximum Gasteiger partial charge on any atom is 0.276 e. The summed E-state index contributed by atoms with van der Waals surface area (Å²) in [4.78, 5) is 14.7. The molecule has 3 atom stereocenters. The highest BCUT2D eigenvalue weighted by molar-refractivity contribution is 5.92. The molecule has 3 heterocycles. The van der Waals surface area contributed by atoms with Crippen LogP contribution in [-0.2, 0) is 0 Å². The number of carbonyl (C=O) groups is 1. The van der Waals surface area contributed by atoms with E-state index in [4.69, 9.17) is 4.52 Å². The number of fused-ring (bicyclic) bond motifs is 1. The predicted octanol–water partition coefficient (Wildman–Crippen LogP) is 2.58. The molecule has 1 aromatic carbocycles. The summed E-state index contributed by atoms with van der Waals surface area (Å²) >= 11 is 0. The van der Waals surface area contributed by atoms with E-state index in [9.17, 15) is 9.18 Å². The number of nitrogens with one attached hydrogen (secondary N) is 1. The number of hydrogen-bond acceptors (Lipinski definition) is 4. The van der Waals surface area contributed by atoms with E-state index in [0.717, 1.165) is 18.7 Å². The highest BCUT2D eigenvalue weighted by Gasteiger charge is 2.47. The monoisotopic (exact) mass is 351 g/mol. The van der Waals surface area contributed by atoms with Crippen LogP contribution < -0.4 is 5.32 Å². The molecule has 1 N–H and O–H groups in total. The van der Waals surface area contributed by atoms with Crippen LogP contribution in [0.3, 0.4) is 0 Å². The second-order valence-corrected chi connectivity index (χ2v) is 6.36. The number of halogens is 2. The average molecular weight is 352 g/mol. The Balaban J connectivity index is 0.00000169. The molecule has 4 rings (SSSR count). The Bertz CT molecular complexity index is 751. The normalized spacial score (nSPS) is 25.4. The summed E-state index contributed by atoms with van der Waals surface area (Å²) in [6, 6.07) is 8.06. The van der Waals surface area contributed by atoms with Gasteiger partial charge in [0.15, 0.2) is 5.69 Å². The van der Waals surface area contributed by atoms with Gasteiger partial charge in [-0.1, -0.05) is 17.3 Å². The minimum Gasteiger partial charge on any atom is -0.361 e. The Hall–Kier alpha value is -1.92. The van der Waals surface area contributed by atoms with Crippen LogP contribution in [0.2, 0.25) is 0 Å². The molecule has 1 aromatic heterocycles. The molecule has 0 spiro atoms. The van der Waals surface area contributed by atoms with Crippen LogP contribution in [0.15, 0.2) is 34.9 Å². The molecule has 0 saturated carbocycles. The highest BCUT2D eigenvalue weighted by atomic mass is 35.5. The minimum atomic E-state index is -0.276. The summed E-state index contributed by atoms with van der Waals surface area (Å²) in [5.74, 6) is 0.873. The van der Waals surface area contributed by atoms with Crippen molar-refractivity contribution in [2.75, 3.05) is 19.6 Å². The van der Waals surface area contributed by atoms with Crippen molar-refractivity contribution in [2.45, 2.75) is 13.0 Å². The van der Waals surface area contributed by atoms with E-state index in [1.165, 1.54) is 12.1 Å². The van der Waals surface area contributed by atoms with Gasteiger partial charge in [0, 0.05) is 31.6 Å². The highest BCUT2D eigenvalue weighted by Crippen LogP contribution is 2.43. The van der Waals surface area contributed by atoms with E-state index >= 15 is 0 Å². The molecule has 0 unspecified atom stereocenters. The summed E-state index contributed by atoms with van der Waals surface area (Å²) in [7, 11) is 0. The van der Waals surface area contributed by atoms with Gasteiger partial charge < -0.3 is 14.7 Å². The molecule has 0 bridgehead atoms. The third kappa shape index (κ3) is 2.80. The molecule has 2 saturated heterocycles. The number of aromatic nitrogens is 1. The molecular weight excluding hydrogens is 333 g/mol. The third-order valence-electron chi connectivity index (χ3n) is 4.86. The number of nitrogens with zero attached hydrogens (tertiary/aromatic N) is 2. The SMILES string of the molecule is Cc1cc(C(=O)N2C[C@@H]3CNC[C@@H]3[C@@H]2c2cccc(F)c2)no1.Cl. The van der Waals surface area contributed by atoms with Crippen LogP contribution >= 0.6 is 12.4 Å². The van der Waals surface area contributed by atoms with Crippen molar-refractivity contribution in [3.05, 3.63) is 53.2 Å². The van der Waals surface area contributed by atoms with Crippen LogP contribution in [0.4, 0.5) is 4.39 Å². The van der Waals surface area contributed by atoms with E-state index in [2.05, 4.69) is 10.5 Å². The Morgan fingerprint density at radius 3 is 2.92 bits per heavy atom. The molecule has 0 aliphatic carbocycles. The topological polar surface area (TPSA) is 58.4 Å². The summed E-state index contributed by atoms with van der Waals surface area (Å²) in [5.41, 5.74) is 1.16. The van der Waals surface area contributed by atoms with Crippen molar-refractivity contribution in [1.29, 1.82) is 0 Å². The summed E-state index contributed by atoms with van der Waals surface area (Å²) in [6.45, 7) is 4.14. The lowest BCUT2D eigenvalue weighted by Crippen LogP contribution is -2.34. The lowest BCUT2D eigenvalue weighted by Gasteiger charge is -2.27. The van der Waals surface area contributed by atoms with Crippen LogP contribution in [-0.4, -0.2) is 35.6 Å². The van der Waals surface area contributed by atoms with Crippen molar-refractivity contribution >= 4 is 18.3 Å². The number of carbonyl (C=O) groups excluding carboxylic acids is 1. The van der Waals surface area contributed by atoms with Gasteiger partial charge in [-0.3, -0.25) is 4.79 Å². The molecule has 2 aliphatic heterocycles.